The van der Waals surface area contributed by atoms with E-state index >= 15 is 0 Å². The molecule has 1 atom stereocenters. The van der Waals surface area contributed by atoms with E-state index in [4.69, 9.17) is 5.26 Å². The second-order valence-electron chi connectivity index (χ2n) is 4.27. The summed E-state index contributed by atoms with van der Waals surface area (Å²) >= 11 is 0. The smallest absolute Gasteiger partial charge is 0.237 e. The maximum Gasteiger partial charge on any atom is 0.237 e. The molecule has 1 unspecified atom stereocenters. The molecule has 0 aromatic rings. The number of carbonyl (C=O) groups excluding carboxylic acids is 1. The maximum atomic E-state index is 11.3. The van der Waals surface area contributed by atoms with Crippen molar-refractivity contribution in [3.8, 4) is 6.07 Å². The largest absolute Gasteiger partial charge is 0.393 e. The van der Waals surface area contributed by atoms with E-state index in [1.54, 1.807) is 6.92 Å². The van der Waals surface area contributed by atoms with E-state index in [-0.39, 0.29) is 12.0 Å². The summed E-state index contributed by atoms with van der Waals surface area (Å²) in [5.74, 6) is -0.300. The standard InChI is InChI=1S/C11H18N2O2/c1-8(6-12)11(15)13-7-9-2-4-10(14)5-3-9/h8-10,14H,2-5,7H2,1H3,(H,13,15). The summed E-state index contributed by atoms with van der Waals surface area (Å²) in [6.07, 6.45) is 3.42. The third-order valence-electron chi connectivity index (χ3n) is 2.97. The zero-order chi connectivity index (χ0) is 11.3. The Hall–Kier alpha value is -1.08. The van der Waals surface area contributed by atoms with Crippen molar-refractivity contribution < 1.29 is 9.90 Å². The van der Waals surface area contributed by atoms with Crippen LogP contribution in [0.3, 0.4) is 0 Å². The van der Waals surface area contributed by atoms with E-state index < -0.39 is 5.92 Å². The first-order valence-corrected chi connectivity index (χ1v) is 5.49. The zero-order valence-electron chi connectivity index (χ0n) is 9.07. The molecule has 0 aliphatic heterocycles. The molecule has 4 heteroatoms. The van der Waals surface area contributed by atoms with Gasteiger partial charge in [0.25, 0.3) is 0 Å². The van der Waals surface area contributed by atoms with Gasteiger partial charge in [0, 0.05) is 6.54 Å². The van der Waals surface area contributed by atoms with Crippen molar-refractivity contribution in [1.29, 1.82) is 5.26 Å². The molecule has 2 N–H and O–H groups in total. The molecule has 1 aliphatic rings. The second-order valence-corrected chi connectivity index (χ2v) is 4.27. The minimum Gasteiger partial charge on any atom is -0.393 e. The fourth-order valence-electron chi connectivity index (χ4n) is 1.81. The molecule has 0 aromatic heterocycles. The predicted molar refractivity (Wildman–Crippen MR) is 55.8 cm³/mol. The van der Waals surface area contributed by atoms with Crippen molar-refractivity contribution in [3.05, 3.63) is 0 Å². The number of amides is 1. The van der Waals surface area contributed by atoms with E-state index in [2.05, 4.69) is 5.32 Å². The Labute approximate surface area is 90.3 Å². The van der Waals surface area contributed by atoms with Gasteiger partial charge in [0.1, 0.15) is 5.92 Å². The van der Waals surface area contributed by atoms with Crippen molar-refractivity contribution in [2.45, 2.75) is 38.7 Å². The SMILES string of the molecule is CC(C#N)C(=O)NCC1CCC(O)CC1. The lowest BCUT2D eigenvalue weighted by Gasteiger charge is -2.25. The molecule has 0 bridgehead atoms. The molecule has 1 saturated carbocycles. The van der Waals surface area contributed by atoms with E-state index in [1.807, 2.05) is 6.07 Å². The van der Waals surface area contributed by atoms with Gasteiger partial charge < -0.3 is 10.4 Å². The quantitative estimate of drug-likeness (QED) is 0.724. The average molecular weight is 210 g/mol. The van der Waals surface area contributed by atoms with E-state index in [1.165, 1.54) is 0 Å². The third-order valence-corrected chi connectivity index (χ3v) is 2.97. The van der Waals surface area contributed by atoms with Crippen LogP contribution in [0.15, 0.2) is 0 Å². The van der Waals surface area contributed by atoms with Crippen molar-refractivity contribution in [1.82, 2.24) is 5.32 Å². The summed E-state index contributed by atoms with van der Waals surface area (Å²) in [5, 5.41) is 20.6. The van der Waals surface area contributed by atoms with Gasteiger partial charge >= 0.3 is 0 Å². The van der Waals surface area contributed by atoms with Crippen LogP contribution in [0.5, 0.6) is 0 Å². The lowest BCUT2D eigenvalue weighted by Crippen LogP contribution is -2.34. The first-order valence-electron chi connectivity index (χ1n) is 5.49. The van der Waals surface area contributed by atoms with Gasteiger partial charge in [-0.2, -0.15) is 5.26 Å². The lowest BCUT2D eigenvalue weighted by atomic mass is 9.87. The van der Waals surface area contributed by atoms with Crippen molar-refractivity contribution in [3.63, 3.8) is 0 Å². The Morgan fingerprint density at radius 2 is 2.13 bits per heavy atom. The van der Waals surface area contributed by atoms with Crippen molar-refractivity contribution >= 4 is 5.91 Å². The molecule has 1 aliphatic carbocycles. The van der Waals surface area contributed by atoms with Crippen LogP contribution >= 0.6 is 0 Å². The van der Waals surface area contributed by atoms with Gasteiger partial charge in [0.2, 0.25) is 5.91 Å². The Morgan fingerprint density at radius 1 is 1.53 bits per heavy atom. The van der Waals surface area contributed by atoms with E-state index in [0.717, 1.165) is 25.7 Å². The van der Waals surface area contributed by atoms with Crippen LogP contribution in [0.25, 0.3) is 0 Å². The summed E-state index contributed by atoms with van der Waals surface area (Å²) in [5.41, 5.74) is 0. The molecule has 15 heavy (non-hydrogen) atoms. The van der Waals surface area contributed by atoms with Crippen molar-refractivity contribution in [2.75, 3.05) is 6.54 Å². The fraction of sp³-hybridized carbons (Fsp3) is 0.818. The maximum absolute atomic E-state index is 11.3. The Morgan fingerprint density at radius 3 is 2.67 bits per heavy atom. The fourth-order valence-corrected chi connectivity index (χ4v) is 1.81. The molecule has 1 rings (SSSR count). The molecule has 1 amide bonds. The van der Waals surface area contributed by atoms with Gasteiger partial charge in [-0.05, 0) is 38.5 Å². The van der Waals surface area contributed by atoms with Gasteiger partial charge in [0.15, 0.2) is 0 Å². The monoisotopic (exact) mass is 210 g/mol. The van der Waals surface area contributed by atoms with Crippen molar-refractivity contribution in [2.24, 2.45) is 11.8 Å². The number of carbonyl (C=O) groups is 1. The highest BCUT2D eigenvalue weighted by Gasteiger charge is 2.20. The number of rotatable bonds is 3. The van der Waals surface area contributed by atoms with Gasteiger partial charge in [-0.3, -0.25) is 4.79 Å². The van der Waals surface area contributed by atoms with E-state index in [0.29, 0.717) is 12.5 Å². The highest BCUT2D eigenvalue weighted by Crippen LogP contribution is 2.23. The Kier molecular flexibility index (Phi) is 4.57. The van der Waals surface area contributed by atoms with Gasteiger partial charge in [0.05, 0.1) is 12.2 Å². The van der Waals surface area contributed by atoms with Crippen LogP contribution in [0.2, 0.25) is 0 Å². The average Bonchev–Trinajstić information content (AvgIpc) is 2.26. The summed E-state index contributed by atoms with van der Waals surface area (Å²) in [6.45, 7) is 2.23. The minimum atomic E-state index is -0.570. The molecular formula is C11H18N2O2. The number of hydrogen-bond acceptors (Lipinski definition) is 3. The van der Waals surface area contributed by atoms with Crippen LogP contribution in [0.1, 0.15) is 32.6 Å². The highest BCUT2D eigenvalue weighted by atomic mass is 16.3. The Balaban J connectivity index is 2.21. The Bertz CT molecular complexity index is 252. The molecule has 84 valence electrons. The molecule has 4 nitrogen and oxygen atoms in total. The summed E-state index contributed by atoms with van der Waals surface area (Å²) in [4.78, 5) is 11.3. The van der Waals surface area contributed by atoms with Gasteiger partial charge in [-0.15, -0.1) is 0 Å². The predicted octanol–water partition coefficient (Wildman–Crippen LogP) is 0.813. The van der Waals surface area contributed by atoms with E-state index in [9.17, 15) is 9.90 Å². The summed E-state index contributed by atoms with van der Waals surface area (Å²) < 4.78 is 0. The number of nitrogens with zero attached hydrogens (tertiary/aromatic N) is 1. The number of aliphatic hydroxyl groups is 1. The highest BCUT2D eigenvalue weighted by molar-refractivity contribution is 5.80. The first kappa shape index (κ1) is 12.0. The summed E-state index contributed by atoms with van der Waals surface area (Å²) in [6, 6.07) is 1.91. The topological polar surface area (TPSA) is 73.1 Å². The molecule has 0 aromatic carbocycles. The van der Waals surface area contributed by atoms with Crippen LogP contribution in [0.4, 0.5) is 0 Å². The molecule has 0 spiro atoms. The van der Waals surface area contributed by atoms with Crippen LogP contribution in [-0.2, 0) is 4.79 Å². The number of hydrogen-bond donors (Lipinski definition) is 2. The molecule has 0 radical (unpaired) electrons. The molecule has 0 heterocycles. The zero-order valence-corrected chi connectivity index (χ0v) is 9.07. The summed E-state index contributed by atoms with van der Waals surface area (Å²) in [7, 11) is 0. The number of aliphatic hydroxyl groups excluding tert-OH is 1. The molecular weight excluding hydrogens is 192 g/mol. The first-order chi connectivity index (χ1) is 7.13. The second kappa shape index (κ2) is 5.72. The molecule has 1 fully saturated rings. The van der Waals surface area contributed by atoms with Gasteiger partial charge in [-0.25, -0.2) is 0 Å². The number of nitrogens with one attached hydrogen (secondary N) is 1. The third kappa shape index (κ3) is 3.88. The minimum absolute atomic E-state index is 0.157. The lowest BCUT2D eigenvalue weighted by molar-refractivity contribution is -0.123. The van der Waals surface area contributed by atoms with Crippen LogP contribution < -0.4 is 5.32 Å². The normalized spacial score (nSPS) is 27.8. The van der Waals surface area contributed by atoms with Crippen LogP contribution in [-0.4, -0.2) is 23.7 Å². The number of nitriles is 1. The molecule has 0 saturated heterocycles. The van der Waals surface area contributed by atoms with Gasteiger partial charge in [-0.1, -0.05) is 0 Å². The van der Waals surface area contributed by atoms with Crippen LogP contribution in [0, 0.1) is 23.2 Å².